The van der Waals surface area contributed by atoms with Crippen molar-refractivity contribution in [3.8, 4) is 0 Å². The average molecular weight is 456 g/mol. The lowest BCUT2D eigenvalue weighted by Gasteiger charge is -2.15. The Morgan fingerprint density at radius 2 is 1.78 bits per heavy atom. The first-order chi connectivity index (χ1) is 15.3. The SMILES string of the molecule is CCn1c(SCC(=O)Nc2c(C)cccc2C)nnc1[C@@H](C)NC(=O)c1ccccc1F. The molecular formula is C23H26FN5O2S. The van der Waals surface area contributed by atoms with E-state index in [0.29, 0.717) is 17.5 Å². The molecule has 0 aliphatic rings. The van der Waals surface area contributed by atoms with Gasteiger partial charge in [-0.15, -0.1) is 10.2 Å². The predicted octanol–water partition coefficient (Wildman–Crippen LogP) is 4.28. The number of carbonyl (C=O) groups is 2. The molecule has 2 amide bonds. The quantitative estimate of drug-likeness (QED) is 0.495. The maximum Gasteiger partial charge on any atom is 0.254 e. The molecule has 7 nitrogen and oxygen atoms in total. The topological polar surface area (TPSA) is 88.9 Å². The lowest BCUT2D eigenvalue weighted by molar-refractivity contribution is -0.113. The summed E-state index contributed by atoms with van der Waals surface area (Å²) in [5.41, 5.74) is 2.79. The molecule has 3 rings (SSSR count). The number of nitrogens with zero attached hydrogens (tertiary/aromatic N) is 3. The summed E-state index contributed by atoms with van der Waals surface area (Å²) in [6.45, 7) is 8.15. The second kappa shape index (κ2) is 10.4. The van der Waals surface area contributed by atoms with Gasteiger partial charge in [0.25, 0.3) is 5.91 Å². The Balaban J connectivity index is 1.66. The highest BCUT2D eigenvalue weighted by Gasteiger charge is 2.21. The fourth-order valence-electron chi connectivity index (χ4n) is 3.33. The van der Waals surface area contributed by atoms with Crippen LogP contribution in [0.3, 0.4) is 0 Å². The van der Waals surface area contributed by atoms with Gasteiger partial charge in [-0.05, 0) is 51.0 Å². The van der Waals surface area contributed by atoms with Crippen molar-refractivity contribution in [3.63, 3.8) is 0 Å². The number of aromatic nitrogens is 3. The zero-order valence-electron chi connectivity index (χ0n) is 18.5. The molecule has 0 radical (unpaired) electrons. The van der Waals surface area contributed by atoms with Crippen molar-refractivity contribution in [2.24, 2.45) is 0 Å². The highest BCUT2D eigenvalue weighted by atomic mass is 32.2. The summed E-state index contributed by atoms with van der Waals surface area (Å²) in [5.74, 6) is -0.541. The summed E-state index contributed by atoms with van der Waals surface area (Å²) >= 11 is 1.27. The van der Waals surface area contributed by atoms with Gasteiger partial charge in [0.05, 0.1) is 17.4 Å². The molecule has 0 saturated heterocycles. The van der Waals surface area contributed by atoms with Crippen molar-refractivity contribution in [2.75, 3.05) is 11.1 Å². The molecule has 0 unspecified atom stereocenters. The van der Waals surface area contributed by atoms with E-state index in [9.17, 15) is 14.0 Å². The third kappa shape index (κ3) is 5.34. The number of benzene rings is 2. The molecular weight excluding hydrogens is 429 g/mol. The molecule has 0 fully saturated rings. The van der Waals surface area contributed by atoms with Gasteiger partial charge in [0.2, 0.25) is 5.91 Å². The molecule has 0 spiro atoms. The number of aryl methyl sites for hydroxylation is 2. The summed E-state index contributed by atoms with van der Waals surface area (Å²) in [6, 6.07) is 11.2. The van der Waals surface area contributed by atoms with Crippen molar-refractivity contribution in [2.45, 2.75) is 45.4 Å². The van der Waals surface area contributed by atoms with E-state index in [2.05, 4.69) is 20.8 Å². The van der Waals surface area contributed by atoms with Crippen LogP contribution in [0, 0.1) is 19.7 Å². The number of thioether (sulfide) groups is 1. The first-order valence-corrected chi connectivity index (χ1v) is 11.3. The predicted molar refractivity (Wildman–Crippen MR) is 123 cm³/mol. The standard InChI is InChI=1S/C23H26FN5O2S/c1-5-29-21(16(4)25-22(31)17-11-6-7-12-18(17)24)27-28-23(29)32-13-19(30)26-20-14(2)9-8-10-15(20)3/h6-12,16H,5,13H2,1-4H3,(H,25,31)(H,26,30)/t16-/m1/s1. The minimum Gasteiger partial charge on any atom is -0.342 e. The van der Waals surface area contributed by atoms with E-state index >= 15 is 0 Å². The summed E-state index contributed by atoms with van der Waals surface area (Å²) in [5, 5.41) is 14.7. The highest BCUT2D eigenvalue weighted by Crippen LogP contribution is 2.23. The molecule has 1 heterocycles. The van der Waals surface area contributed by atoms with Crippen LogP contribution in [0.15, 0.2) is 47.6 Å². The van der Waals surface area contributed by atoms with Crippen molar-refractivity contribution in [1.82, 2.24) is 20.1 Å². The van der Waals surface area contributed by atoms with Crippen LogP contribution in [0.25, 0.3) is 0 Å². The van der Waals surface area contributed by atoms with Gasteiger partial charge in [-0.2, -0.15) is 0 Å². The first kappa shape index (κ1) is 23.5. The molecule has 0 aliphatic heterocycles. The molecule has 168 valence electrons. The minimum atomic E-state index is -0.583. The van der Waals surface area contributed by atoms with Crippen LogP contribution in [0.1, 0.15) is 47.2 Å². The molecule has 32 heavy (non-hydrogen) atoms. The lowest BCUT2D eigenvalue weighted by Crippen LogP contribution is -2.29. The van der Waals surface area contributed by atoms with E-state index in [-0.39, 0.29) is 17.2 Å². The fraction of sp³-hybridized carbons (Fsp3) is 0.304. The van der Waals surface area contributed by atoms with Crippen LogP contribution in [-0.2, 0) is 11.3 Å². The molecule has 1 aromatic heterocycles. The van der Waals surface area contributed by atoms with E-state index in [4.69, 9.17) is 0 Å². The third-order valence-electron chi connectivity index (χ3n) is 4.99. The lowest BCUT2D eigenvalue weighted by atomic mass is 10.1. The van der Waals surface area contributed by atoms with Gasteiger partial charge < -0.3 is 15.2 Å². The third-order valence-corrected chi connectivity index (χ3v) is 5.96. The second-order valence-electron chi connectivity index (χ2n) is 7.36. The van der Waals surface area contributed by atoms with Crippen LogP contribution < -0.4 is 10.6 Å². The maximum absolute atomic E-state index is 13.9. The minimum absolute atomic E-state index is 0.0281. The Morgan fingerprint density at radius 1 is 1.09 bits per heavy atom. The number of anilines is 1. The number of hydrogen-bond acceptors (Lipinski definition) is 5. The number of halogens is 1. The van der Waals surface area contributed by atoms with Crippen LogP contribution in [0.5, 0.6) is 0 Å². The van der Waals surface area contributed by atoms with E-state index in [0.717, 1.165) is 16.8 Å². The van der Waals surface area contributed by atoms with Gasteiger partial charge in [-0.3, -0.25) is 9.59 Å². The van der Waals surface area contributed by atoms with Gasteiger partial charge in [-0.1, -0.05) is 42.1 Å². The monoisotopic (exact) mass is 455 g/mol. The molecule has 0 bridgehead atoms. The second-order valence-corrected chi connectivity index (χ2v) is 8.31. The van der Waals surface area contributed by atoms with Gasteiger partial charge in [0.1, 0.15) is 5.82 Å². The Bertz CT molecular complexity index is 1110. The largest absolute Gasteiger partial charge is 0.342 e. The highest BCUT2D eigenvalue weighted by molar-refractivity contribution is 7.99. The smallest absolute Gasteiger partial charge is 0.254 e. The number of amides is 2. The Hall–Kier alpha value is -3.20. The zero-order chi connectivity index (χ0) is 23.3. The van der Waals surface area contributed by atoms with Crippen molar-refractivity contribution in [1.29, 1.82) is 0 Å². The van der Waals surface area contributed by atoms with E-state index < -0.39 is 17.8 Å². The molecule has 0 aliphatic carbocycles. The Kier molecular flexibility index (Phi) is 7.63. The summed E-state index contributed by atoms with van der Waals surface area (Å²) in [6.07, 6.45) is 0. The van der Waals surface area contributed by atoms with Gasteiger partial charge >= 0.3 is 0 Å². The van der Waals surface area contributed by atoms with E-state index in [1.165, 1.54) is 30.0 Å². The van der Waals surface area contributed by atoms with Crippen LogP contribution in [-0.4, -0.2) is 32.3 Å². The van der Waals surface area contributed by atoms with Gasteiger partial charge in [0.15, 0.2) is 11.0 Å². The molecule has 0 saturated carbocycles. The normalized spacial score (nSPS) is 11.8. The fourth-order valence-corrected chi connectivity index (χ4v) is 4.14. The van der Waals surface area contributed by atoms with Crippen LogP contribution >= 0.6 is 11.8 Å². The number of hydrogen-bond donors (Lipinski definition) is 2. The molecule has 2 aromatic carbocycles. The van der Waals surface area contributed by atoms with Crippen LogP contribution in [0.4, 0.5) is 10.1 Å². The number of nitrogens with one attached hydrogen (secondary N) is 2. The van der Waals surface area contributed by atoms with Crippen molar-refractivity contribution >= 4 is 29.3 Å². The van der Waals surface area contributed by atoms with Crippen LogP contribution in [0.2, 0.25) is 0 Å². The summed E-state index contributed by atoms with van der Waals surface area (Å²) in [4.78, 5) is 24.9. The molecule has 3 aromatic rings. The van der Waals surface area contributed by atoms with Crippen molar-refractivity contribution < 1.29 is 14.0 Å². The molecule has 2 N–H and O–H groups in total. The summed E-state index contributed by atoms with van der Waals surface area (Å²) in [7, 11) is 0. The molecule has 9 heteroatoms. The summed E-state index contributed by atoms with van der Waals surface area (Å²) < 4.78 is 15.7. The number of para-hydroxylation sites is 1. The average Bonchev–Trinajstić information content (AvgIpc) is 3.18. The zero-order valence-corrected chi connectivity index (χ0v) is 19.3. The Labute approximate surface area is 190 Å². The Morgan fingerprint density at radius 3 is 2.44 bits per heavy atom. The van der Waals surface area contributed by atoms with E-state index in [1.54, 1.807) is 13.0 Å². The van der Waals surface area contributed by atoms with Crippen molar-refractivity contribution in [3.05, 3.63) is 70.8 Å². The van der Waals surface area contributed by atoms with E-state index in [1.807, 2.05) is 43.5 Å². The number of carbonyl (C=O) groups excluding carboxylic acids is 2. The molecule has 1 atom stereocenters. The van der Waals surface area contributed by atoms with Gasteiger partial charge in [-0.25, -0.2) is 4.39 Å². The number of rotatable bonds is 8. The maximum atomic E-state index is 13.9. The first-order valence-electron chi connectivity index (χ1n) is 10.3. The van der Waals surface area contributed by atoms with Gasteiger partial charge in [0, 0.05) is 12.2 Å².